The summed E-state index contributed by atoms with van der Waals surface area (Å²) < 4.78 is 10.3. The minimum absolute atomic E-state index is 0.320. The molecule has 0 aromatic carbocycles. The van der Waals surface area contributed by atoms with Crippen LogP contribution in [0.3, 0.4) is 0 Å². The highest BCUT2D eigenvalue weighted by Crippen LogP contribution is 2.20. The first kappa shape index (κ1) is 10.6. The van der Waals surface area contributed by atoms with Gasteiger partial charge in [0.2, 0.25) is 0 Å². The second-order valence-corrected chi connectivity index (χ2v) is 4.14. The van der Waals surface area contributed by atoms with E-state index in [2.05, 4.69) is 14.9 Å². The van der Waals surface area contributed by atoms with Gasteiger partial charge in [-0.05, 0) is 32.6 Å². The fourth-order valence-corrected chi connectivity index (χ4v) is 1.83. The molecule has 0 radical (unpaired) electrons. The Hall–Kier alpha value is -0.940. The van der Waals surface area contributed by atoms with Gasteiger partial charge in [-0.2, -0.15) is 0 Å². The van der Waals surface area contributed by atoms with Gasteiger partial charge < -0.3 is 10.5 Å². The lowest BCUT2D eigenvalue weighted by atomic mass is 9.94. The topological polar surface area (TPSA) is 74.2 Å². The van der Waals surface area contributed by atoms with Crippen LogP contribution in [0.2, 0.25) is 0 Å². The van der Waals surface area contributed by atoms with Gasteiger partial charge in [0.1, 0.15) is 11.4 Å². The summed E-state index contributed by atoms with van der Waals surface area (Å²) in [6, 6.07) is 0.361. The Kier molecular flexibility index (Phi) is 3.33. The van der Waals surface area contributed by atoms with Crippen LogP contribution < -0.4 is 5.73 Å². The van der Waals surface area contributed by atoms with Crippen molar-refractivity contribution < 1.29 is 9.37 Å². The number of ether oxygens (including phenoxy) is 1. The largest absolute Gasteiger partial charge is 0.372 e. The highest BCUT2D eigenvalue weighted by Gasteiger charge is 2.19. The zero-order valence-corrected chi connectivity index (χ0v) is 8.98. The lowest BCUT2D eigenvalue weighted by Crippen LogP contribution is -2.30. The predicted molar refractivity (Wildman–Crippen MR) is 54.1 cm³/mol. The van der Waals surface area contributed by atoms with Crippen molar-refractivity contribution in [3.63, 3.8) is 0 Å². The third-order valence-corrected chi connectivity index (χ3v) is 2.92. The third-order valence-electron chi connectivity index (χ3n) is 2.92. The van der Waals surface area contributed by atoms with E-state index >= 15 is 0 Å². The second-order valence-electron chi connectivity index (χ2n) is 4.14. The number of aromatic nitrogens is 2. The van der Waals surface area contributed by atoms with Gasteiger partial charge >= 0.3 is 0 Å². The van der Waals surface area contributed by atoms with E-state index in [1.165, 1.54) is 0 Å². The Morgan fingerprint density at radius 2 is 2.07 bits per heavy atom. The highest BCUT2D eigenvalue weighted by atomic mass is 16.6. The molecule has 1 saturated carbocycles. The summed E-state index contributed by atoms with van der Waals surface area (Å²) in [5.41, 5.74) is 7.42. The molecule has 1 heterocycles. The van der Waals surface area contributed by atoms with Crippen molar-refractivity contribution in [2.75, 3.05) is 0 Å². The van der Waals surface area contributed by atoms with Crippen molar-refractivity contribution in [1.29, 1.82) is 0 Å². The van der Waals surface area contributed by atoms with Gasteiger partial charge in [-0.3, -0.25) is 0 Å². The Morgan fingerprint density at radius 3 is 2.67 bits per heavy atom. The molecule has 1 aromatic heterocycles. The van der Waals surface area contributed by atoms with Crippen molar-refractivity contribution in [1.82, 2.24) is 10.3 Å². The molecule has 0 unspecified atom stereocenters. The number of aryl methyl sites for hydroxylation is 1. The standard InChI is InChI=1S/C10H17N3O2/c1-7-10(13-15-12-7)6-14-9-4-2-8(11)3-5-9/h8-9H,2-6,11H2,1H3. The summed E-state index contributed by atoms with van der Waals surface area (Å²) in [6.07, 6.45) is 4.53. The van der Waals surface area contributed by atoms with Crippen molar-refractivity contribution in [2.24, 2.45) is 5.73 Å². The zero-order chi connectivity index (χ0) is 10.7. The number of rotatable bonds is 3. The Bertz CT molecular complexity index is 305. The van der Waals surface area contributed by atoms with Crippen LogP contribution in [0, 0.1) is 6.92 Å². The maximum Gasteiger partial charge on any atom is 0.133 e. The molecule has 1 aliphatic carbocycles. The molecule has 0 saturated heterocycles. The van der Waals surface area contributed by atoms with E-state index < -0.39 is 0 Å². The highest BCUT2D eigenvalue weighted by molar-refractivity contribution is 5.02. The molecule has 1 aromatic rings. The summed E-state index contributed by atoms with van der Waals surface area (Å²) in [5.74, 6) is 0. The van der Waals surface area contributed by atoms with Gasteiger partial charge in [0.25, 0.3) is 0 Å². The third kappa shape index (κ3) is 2.76. The van der Waals surface area contributed by atoms with Crippen molar-refractivity contribution >= 4 is 0 Å². The molecule has 0 spiro atoms. The summed E-state index contributed by atoms with van der Waals surface area (Å²) >= 11 is 0. The van der Waals surface area contributed by atoms with Gasteiger partial charge in [0.05, 0.1) is 12.7 Å². The van der Waals surface area contributed by atoms with Crippen LogP contribution in [0.4, 0.5) is 0 Å². The predicted octanol–water partition coefficient (Wildman–Crippen LogP) is 1.16. The smallest absolute Gasteiger partial charge is 0.133 e. The number of nitrogens with zero attached hydrogens (tertiary/aromatic N) is 2. The van der Waals surface area contributed by atoms with Crippen LogP contribution in [-0.4, -0.2) is 22.5 Å². The normalized spacial score (nSPS) is 26.8. The van der Waals surface area contributed by atoms with Gasteiger partial charge in [-0.15, -0.1) is 0 Å². The Balaban J connectivity index is 1.77. The lowest BCUT2D eigenvalue weighted by molar-refractivity contribution is 0.0109. The Morgan fingerprint density at radius 1 is 1.33 bits per heavy atom. The van der Waals surface area contributed by atoms with E-state index in [-0.39, 0.29) is 0 Å². The fourth-order valence-electron chi connectivity index (χ4n) is 1.83. The molecule has 1 fully saturated rings. The molecule has 84 valence electrons. The molecule has 0 bridgehead atoms. The first-order valence-electron chi connectivity index (χ1n) is 5.41. The number of hydrogen-bond acceptors (Lipinski definition) is 5. The molecule has 2 rings (SSSR count). The second kappa shape index (κ2) is 4.72. The van der Waals surface area contributed by atoms with Gasteiger partial charge in [0, 0.05) is 6.04 Å². The van der Waals surface area contributed by atoms with E-state index in [4.69, 9.17) is 10.5 Å². The maximum absolute atomic E-state index is 5.82. The fraction of sp³-hybridized carbons (Fsp3) is 0.800. The zero-order valence-electron chi connectivity index (χ0n) is 8.98. The maximum atomic E-state index is 5.82. The summed E-state index contributed by atoms with van der Waals surface area (Å²) in [4.78, 5) is 0. The van der Waals surface area contributed by atoms with Gasteiger partial charge in [-0.1, -0.05) is 10.3 Å². The van der Waals surface area contributed by atoms with E-state index in [0.717, 1.165) is 37.1 Å². The van der Waals surface area contributed by atoms with Crippen LogP contribution in [0.5, 0.6) is 0 Å². The van der Waals surface area contributed by atoms with Crippen LogP contribution in [0.1, 0.15) is 37.1 Å². The summed E-state index contributed by atoms with van der Waals surface area (Å²) in [6.45, 7) is 2.36. The molecule has 15 heavy (non-hydrogen) atoms. The van der Waals surface area contributed by atoms with E-state index in [9.17, 15) is 0 Å². The number of hydrogen-bond donors (Lipinski definition) is 1. The molecule has 0 aliphatic heterocycles. The van der Waals surface area contributed by atoms with Crippen molar-refractivity contribution in [2.45, 2.75) is 51.4 Å². The summed E-state index contributed by atoms with van der Waals surface area (Å²) in [5, 5.41) is 7.49. The molecule has 0 amide bonds. The SMILES string of the molecule is Cc1nonc1COC1CCC(N)CC1. The molecule has 5 heteroatoms. The quantitative estimate of drug-likeness (QED) is 0.812. The average molecular weight is 211 g/mol. The lowest BCUT2D eigenvalue weighted by Gasteiger charge is -2.25. The van der Waals surface area contributed by atoms with Crippen molar-refractivity contribution in [3.8, 4) is 0 Å². The minimum atomic E-state index is 0.320. The van der Waals surface area contributed by atoms with E-state index in [1.54, 1.807) is 0 Å². The molecule has 0 atom stereocenters. The first-order valence-corrected chi connectivity index (χ1v) is 5.41. The monoisotopic (exact) mass is 211 g/mol. The first-order chi connectivity index (χ1) is 7.25. The van der Waals surface area contributed by atoms with Gasteiger partial charge in [0.15, 0.2) is 0 Å². The Labute approximate surface area is 88.9 Å². The molecule has 2 N–H and O–H groups in total. The summed E-state index contributed by atoms with van der Waals surface area (Å²) in [7, 11) is 0. The molecular formula is C10H17N3O2. The van der Waals surface area contributed by atoms with E-state index in [1.807, 2.05) is 6.92 Å². The molecular weight excluding hydrogens is 194 g/mol. The molecule has 5 nitrogen and oxygen atoms in total. The van der Waals surface area contributed by atoms with Gasteiger partial charge in [-0.25, -0.2) is 4.63 Å². The van der Waals surface area contributed by atoms with Crippen molar-refractivity contribution in [3.05, 3.63) is 11.4 Å². The van der Waals surface area contributed by atoms with Crippen LogP contribution in [-0.2, 0) is 11.3 Å². The van der Waals surface area contributed by atoms with Crippen LogP contribution in [0.15, 0.2) is 4.63 Å². The number of nitrogens with two attached hydrogens (primary N) is 1. The van der Waals surface area contributed by atoms with E-state index in [0.29, 0.717) is 18.8 Å². The average Bonchev–Trinajstić information content (AvgIpc) is 2.63. The minimum Gasteiger partial charge on any atom is -0.372 e. The molecule has 1 aliphatic rings. The van der Waals surface area contributed by atoms with Crippen LogP contribution >= 0.6 is 0 Å². The van der Waals surface area contributed by atoms with Crippen LogP contribution in [0.25, 0.3) is 0 Å².